The molecule has 0 saturated carbocycles. The van der Waals surface area contributed by atoms with Crippen molar-refractivity contribution in [2.45, 2.75) is 50.4 Å². The summed E-state index contributed by atoms with van der Waals surface area (Å²) in [6, 6.07) is 0. The van der Waals surface area contributed by atoms with E-state index >= 15 is 0 Å². The predicted molar refractivity (Wildman–Crippen MR) is 56.7 cm³/mol. The molecule has 16 heavy (non-hydrogen) atoms. The van der Waals surface area contributed by atoms with E-state index in [1.165, 1.54) is 18.7 Å². The van der Waals surface area contributed by atoms with Crippen molar-refractivity contribution in [1.29, 1.82) is 0 Å². The first kappa shape index (κ1) is 12.1. The van der Waals surface area contributed by atoms with E-state index in [4.69, 9.17) is 14.2 Å². The SMILES string of the molecule is CC(=O)O[C@@H]1CS[C@H]2OC(C)(C)O[C@@H]2[C@H]1F. The number of carbonyl (C=O) groups excluding carboxylic acids is 1. The molecule has 0 aromatic rings. The van der Waals surface area contributed by atoms with Gasteiger partial charge in [0.25, 0.3) is 0 Å². The molecule has 2 rings (SSSR count). The second-order valence-electron chi connectivity index (χ2n) is 4.39. The van der Waals surface area contributed by atoms with Gasteiger partial charge >= 0.3 is 5.97 Å². The molecule has 2 heterocycles. The summed E-state index contributed by atoms with van der Waals surface area (Å²) < 4.78 is 29.9. The third kappa shape index (κ3) is 2.33. The Morgan fingerprint density at radius 1 is 1.50 bits per heavy atom. The normalized spacial score (nSPS) is 41.5. The van der Waals surface area contributed by atoms with Gasteiger partial charge in [0.2, 0.25) is 0 Å². The zero-order valence-corrected chi connectivity index (χ0v) is 10.3. The van der Waals surface area contributed by atoms with Crippen LogP contribution in [0.2, 0.25) is 0 Å². The van der Waals surface area contributed by atoms with Gasteiger partial charge in [0.05, 0.1) is 0 Å². The molecule has 2 aliphatic rings. The maximum atomic E-state index is 14.0. The molecule has 0 radical (unpaired) electrons. The quantitative estimate of drug-likeness (QED) is 0.660. The lowest BCUT2D eigenvalue weighted by Crippen LogP contribution is -2.47. The Balaban J connectivity index is 2.04. The highest BCUT2D eigenvalue weighted by Gasteiger charge is 2.52. The molecule has 2 saturated heterocycles. The lowest BCUT2D eigenvalue weighted by molar-refractivity contribution is -0.161. The summed E-state index contributed by atoms with van der Waals surface area (Å²) in [5.41, 5.74) is -0.309. The van der Waals surface area contributed by atoms with Crippen molar-refractivity contribution in [3.05, 3.63) is 0 Å². The molecular weight excluding hydrogens is 235 g/mol. The largest absolute Gasteiger partial charge is 0.458 e. The number of rotatable bonds is 1. The first-order valence-electron chi connectivity index (χ1n) is 5.17. The highest BCUT2D eigenvalue weighted by Crippen LogP contribution is 2.41. The molecule has 4 nitrogen and oxygen atoms in total. The number of thioether (sulfide) groups is 1. The number of ether oxygens (including phenoxy) is 3. The number of halogens is 1. The zero-order valence-electron chi connectivity index (χ0n) is 9.44. The maximum absolute atomic E-state index is 14.0. The molecule has 0 aromatic heterocycles. The average Bonchev–Trinajstić information content (AvgIpc) is 2.46. The van der Waals surface area contributed by atoms with Crippen molar-refractivity contribution in [2.75, 3.05) is 5.75 Å². The van der Waals surface area contributed by atoms with Crippen LogP contribution in [0.1, 0.15) is 20.8 Å². The summed E-state index contributed by atoms with van der Waals surface area (Å²) in [4.78, 5) is 10.8. The lowest BCUT2D eigenvalue weighted by Gasteiger charge is -2.31. The molecule has 0 spiro atoms. The van der Waals surface area contributed by atoms with Gasteiger partial charge in [-0.25, -0.2) is 4.39 Å². The number of fused-ring (bicyclic) bond motifs is 1. The van der Waals surface area contributed by atoms with Crippen LogP contribution in [0.25, 0.3) is 0 Å². The van der Waals surface area contributed by atoms with Gasteiger partial charge in [0, 0.05) is 12.7 Å². The van der Waals surface area contributed by atoms with Crippen LogP contribution in [0.4, 0.5) is 4.39 Å². The number of hydrogen-bond donors (Lipinski definition) is 0. The van der Waals surface area contributed by atoms with E-state index in [0.717, 1.165) is 0 Å². The van der Waals surface area contributed by atoms with E-state index < -0.39 is 30.1 Å². The van der Waals surface area contributed by atoms with Crippen molar-refractivity contribution < 1.29 is 23.4 Å². The number of alkyl halides is 1. The lowest BCUT2D eigenvalue weighted by atomic mass is 10.1. The van der Waals surface area contributed by atoms with Crippen LogP contribution in [0, 0.1) is 0 Å². The fraction of sp³-hybridized carbons (Fsp3) is 0.900. The van der Waals surface area contributed by atoms with Crippen LogP contribution in [0.5, 0.6) is 0 Å². The smallest absolute Gasteiger partial charge is 0.303 e. The molecule has 6 heteroatoms. The third-order valence-electron chi connectivity index (χ3n) is 2.50. The Morgan fingerprint density at radius 3 is 2.81 bits per heavy atom. The minimum atomic E-state index is -1.32. The van der Waals surface area contributed by atoms with Gasteiger partial charge in [-0.3, -0.25) is 4.79 Å². The van der Waals surface area contributed by atoms with Gasteiger partial charge in [0.1, 0.15) is 17.6 Å². The molecule has 4 atom stereocenters. The molecule has 2 aliphatic heterocycles. The molecular formula is C10H15FO4S. The van der Waals surface area contributed by atoms with Crippen molar-refractivity contribution in [3.63, 3.8) is 0 Å². The van der Waals surface area contributed by atoms with Gasteiger partial charge in [-0.05, 0) is 13.8 Å². The number of esters is 1. The maximum Gasteiger partial charge on any atom is 0.303 e. The molecule has 2 fully saturated rings. The standard InChI is InChI=1S/C10H15FO4S/c1-5(12)13-6-4-16-9-8(7(6)11)14-10(2,3)15-9/h6-9H,4H2,1-3H3/t6-,7+,8-,9-/m1/s1. The van der Waals surface area contributed by atoms with E-state index in [1.807, 2.05) is 0 Å². The summed E-state index contributed by atoms with van der Waals surface area (Å²) in [6.45, 7) is 4.78. The van der Waals surface area contributed by atoms with E-state index in [1.54, 1.807) is 13.8 Å². The third-order valence-corrected chi connectivity index (χ3v) is 3.71. The van der Waals surface area contributed by atoms with Crippen molar-refractivity contribution in [1.82, 2.24) is 0 Å². The van der Waals surface area contributed by atoms with Gasteiger partial charge < -0.3 is 14.2 Å². The summed E-state index contributed by atoms with van der Waals surface area (Å²) >= 11 is 1.43. The van der Waals surface area contributed by atoms with Crippen LogP contribution >= 0.6 is 11.8 Å². The van der Waals surface area contributed by atoms with E-state index in [9.17, 15) is 9.18 Å². The van der Waals surface area contributed by atoms with Gasteiger partial charge in [0.15, 0.2) is 12.0 Å². The topological polar surface area (TPSA) is 44.8 Å². The van der Waals surface area contributed by atoms with E-state index in [2.05, 4.69) is 0 Å². The molecule has 0 bridgehead atoms. The van der Waals surface area contributed by atoms with Crippen LogP contribution < -0.4 is 0 Å². The number of hydrogen-bond acceptors (Lipinski definition) is 5. The van der Waals surface area contributed by atoms with Gasteiger partial charge in [-0.2, -0.15) is 0 Å². The monoisotopic (exact) mass is 250 g/mol. The summed E-state index contributed by atoms with van der Waals surface area (Å²) in [6.07, 6.45) is -2.71. The van der Waals surface area contributed by atoms with E-state index in [-0.39, 0.29) is 5.44 Å². The molecule has 92 valence electrons. The van der Waals surface area contributed by atoms with Gasteiger partial charge in [-0.15, -0.1) is 11.8 Å². The van der Waals surface area contributed by atoms with Crippen LogP contribution in [-0.2, 0) is 19.0 Å². The minimum Gasteiger partial charge on any atom is -0.458 e. The minimum absolute atomic E-state index is 0.309. The van der Waals surface area contributed by atoms with Crippen LogP contribution in [-0.4, -0.2) is 41.3 Å². The molecule has 0 N–H and O–H groups in total. The fourth-order valence-electron chi connectivity index (χ4n) is 1.91. The first-order valence-corrected chi connectivity index (χ1v) is 6.22. The van der Waals surface area contributed by atoms with Crippen LogP contribution in [0.3, 0.4) is 0 Å². The van der Waals surface area contributed by atoms with E-state index in [0.29, 0.717) is 5.75 Å². The Hall–Kier alpha value is -0.330. The first-order chi connectivity index (χ1) is 7.39. The Kier molecular flexibility index (Phi) is 3.16. The Labute approximate surface area is 97.8 Å². The summed E-state index contributed by atoms with van der Waals surface area (Å²) in [5.74, 6) is -0.830. The van der Waals surface area contributed by atoms with Crippen molar-refractivity contribution in [3.8, 4) is 0 Å². The zero-order chi connectivity index (χ0) is 11.9. The predicted octanol–water partition coefficient (Wildman–Crippen LogP) is 1.48. The molecule has 0 amide bonds. The molecule has 0 aliphatic carbocycles. The number of carbonyl (C=O) groups is 1. The van der Waals surface area contributed by atoms with Crippen molar-refractivity contribution >= 4 is 17.7 Å². The highest BCUT2D eigenvalue weighted by atomic mass is 32.2. The highest BCUT2D eigenvalue weighted by molar-refractivity contribution is 7.99. The van der Waals surface area contributed by atoms with Gasteiger partial charge in [-0.1, -0.05) is 0 Å². The summed E-state index contributed by atoms with van der Waals surface area (Å²) in [7, 11) is 0. The van der Waals surface area contributed by atoms with Crippen molar-refractivity contribution in [2.24, 2.45) is 0 Å². The Morgan fingerprint density at radius 2 is 2.19 bits per heavy atom. The average molecular weight is 250 g/mol. The Bertz CT molecular complexity index is 297. The molecule has 0 aromatic carbocycles. The second kappa shape index (κ2) is 4.16. The fourth-order valence-corrected chi connectivity index (χ4v) is 3.23. The van der Waals surface area contributed by atoms with Crippen LogP contribution in [0.15, 0.2) is 0 Å². The molecule has 0 unspecified atom stereocenters. The second-order valence-corrected chi connectivity index (χ2v) is 5.53. The summed E-state index contributed by atoms with van der Waals surface area (Å²) in [5, 5.41) is 0.